The first-order valence-electron chi connectivity index (χ1n) is 9.46. The van der Waals surface area contributed by atoms with E-state index in [0.717, 1.165) is 22.5 Å². The van der Waals surface area contributed by atoms with Gasteiger partial charge in [0.1, 0.15) is 5.75 Å². The van der Waals surface area contributed by atoms with Crippen LogP contribution >= 0.6 is 11.8 Å². The maximum Gasteiger partial charge on any atom is 0.304 e. The molecule has 0 amide bonds. The Bertz CT molecular complexity index is 1400. The van der Waals surface area contributed by atoms with Crippen LogP contribution in [0, 0.1) is 0 Å². The number of phenolic OH excluding ortho intramolecular Hbond substituents is 1. The Morgan fingerprint density at radius 1 is 0.903 bits per heavy atom. The van der Waals surface area contributed by atoms with E-state index in [-0.39, 0.29) is 22.8 Å². The third kappa shape index (κ3) is 4.45. The molecule has 0 radical (unpaired) electrons. The lowest BCUT2D eigenvalue weighted by Crippen LogP contribution is -2.13. The fraction of sp³-hybridized carbons (Fsp3) is 0.0870. The average Bonchev–Trinajstić information content (AvgIpc) is 2.76. The molecule has 0 heterocycles. The summed E-state index contributed by atoms with van der Waals surface area (Å²) < 4.78 is 28.9. The second-order valence-electron chi connectivity index (χ2n) is 6.92. The Morgan fingerprint density at radius 3 is 2.32 bits per heavy atom. The number of phenols is 1. The van der Waals surface area contributed by atoms with Crippen molar-refractivity contribution in [3.8, 4) is 5.75 Å². The van der Waals surface area contributed by atoms with Gasteiger partial charge in [0.15, 0.2) is 0 Å². The largest absolute Gasteiger partial charge is 0.506 e. The van der Waals surface area contributed by atoms with Crippen molar-refractivity contribution in [3.05, 3.63) is 72.8 Å². The van der Waals surface area contributed by atoms with Crippen LogP contribution in [0.4, 0.5) is 5.69 Å². The number of thioether (sulfide) groups is 1. The highest BCUT2D eigenvalue weighted by atomic mass is 32.2. The van der Waals surface area contributed by atoms with Crippen LogP contribution in [-0.2, 0) is 14.8 Å². The smallest absolute Gasteiger partial charge is 0.304 e. The van der Waals surface area contributed by atoms with Crippen molar-refractivity contribution in [3.63, 3.8) is 0 Å². The van der Waals surface area contributed by atoms with Gasteiger partial charge in [0.2, 0.25) is 0 Å². The lowest BCUT2D eigenvalue weighted by molar-refractivity contribution is -0.136. The zero-order valence-electron chi connectivity index (χ0n) is 16.3. The lowest BCUT2D eigenvalue weighted by atomic mass is 10.1. The van der Waals surface area contributed by atoms with Crippen molar-refractivity contribution < 1.29 is 23.4 Å². The number of carboxylic acid groups (broad SMARTS) is 1. The molecule has 0 unspecified atom stereocenters. The number of carboxylic acids is 1. The van der Waals surface area contributed by atoms with Gasteiger partial charge in [-0.05, 0) is 29.0 Å². The second kappa shape index (κ2) is 8.49. The van der Waals surface area contributed by atoms with Crippen LogP contribution in [0.25, 0.3) is 21.5 Å². The van der Waals surface area contributed by atoms with Gasteiger partial charge in [-0.3, -0.25) is 9.52 Å². The van der Waals surface area contributed by atoms with E-state index in [9.17, 15) is 18.3 Å². The lowest BCUT2D eigenvalue weighted by Gasteiger charge is -2.15. The molecule has 6 nitrogen and oxygen atoms in total. The van der Waals surface area contributed by atoms with Crippen LogP contribution in [0.5, 0.6) is 5.75 Å². The van der Waals surface area contributed by atoms with E-state index >= 15 is 0 Å². The molecular formula is C23H19NO5S2. The third-order valence-corrected chi connectivity index (χ3v) is 7.22. The molecule has 4 aromatic carbocycles. The van der Waals surface area contributed by atoms with Crippen molar-refractivity contribution >= 4 is 55.0 Å². The monoisotopic (exact) mass is 453 g/mol. The number of sulfonamides is 1. The second-order valence-corrected chi connectivity index (χ2v) is 9.74. The van der Waals surface area contributed by atoms with Crippen molar-refractivity contribution in [1.29, 1.82) is 0 Å². The highest BCUT2D eigenvalue weighted by molar-refractivity contribution is 7.99. The maximum absolute atomic E-state index is 13.1. The first-order valence-corrected chi connectivity index (χ1v) is 11.9. The highest BCUT2D eigenvalue weighted by Gasteiger charge is 2.19. The number of rotatable bonds is 7. The standard InChI is InChI=1S/C23H19NO5S2/c25-22(26)11-12-30-21-14-20(18-7-3-4-8-19(18)23(21)27)24-31(28,29)17-10-9-15-5-1-2-6-16(15)13-17/h1-10,13-14,24,27H,11-12H2,(H,25,26). The summed E-state index contributed by atoms with van der Waals surface area (Å²) in [5.41, 5.74) is 0.319. The molecule has 0 bridgehead atoms. The average molecular weight is 454 g/mol. The van der Waals surface area contributed by atoms with Crippen molar-refractivity contribution in [2.75, 3.05) is 10.5 Å². The molecule has 158 valence electrons. The summed E-state index contributed by atoms with van der Waals surface area (Å²) in [6, 6.07) is 20.9. The van der Waals surface area contributed by atoms with E-state index in [1.165, 1.54) is 0 Å². The minimum atomic E-state index is -3.89. The number of nitrogens with one attached hydrogen (secondary N) is 1. The van der Waals surface area contributed by atoms with E-state index in [2.05, 4.69) is 4.72 Å². The molecule has 0 atom stereocenters. The van der Waals surface area contributed by atoms with Gasteiger partial charge >= 0.3 is 5.97 Å². The van der Waals surface area contributed by atoms with Crippen molar-refractivity contribution in [1.82, 2.24) is 0 Å². The quantitative estimate of drug-likeness (QED) is 0.267. The van der Waals surface area contributed by atoms with E-state index in [1.54, 1.807) is 48.5 Å². The molecule has 0 saturated carbocycles. The van der Waals surface area contributed by atoms with Crippen LogP contribution in [0.15, 0.2) is 82.6 Å². The molecule has 4 aromatic rings. The molecule has 0 fully saturated rings. The molecule has 8 heteroatoms. The number of fused-ring (bicyclic) bond motifs is 2. The summed E-state index contributed by atoms with van der Waals surface area (Å²) in [5, 5.41) is 22.3. The summed E-state index contributed by atoms with van der Waals surface area (Å²) in [5.74, 6) is -0.692. The van der Waals surface area contributed by atoms with Crippen molar-refractivity contribution in [2.24, 2.45) is 0 Å². The molecule has 0 aliphatic heterocycles. The molecule has 0 saturated heterocycles. The van der Waals surface area contributed by atoms with E-state index in [1.807, 2.05) is 24.3 Å². The molecule has 31 heavy (non-hydrogen) atoms. The number of aliphatic carboxylic acids is 1. The fourth-order valence-electron chi connectivity index (χ4n) is 3.32. The zero-order valence-corrected chi connectivity index (χ0v) is 17.9. The Labute approximate surface area is 183 Å². The summed E-state index contributed by atoms with van der Waals surface area (Å²) in [4.78, 5) is 11.4. The maximum atomic E-state index is 13.1. The Kier molecular flexibility index (Phi) is 5.75. The van der Waals surface area contributed by atoms with Crippen LogP contribution in [-0.4, -0.2) is 30.4 Å². The minimum Gasteiger partial charge on any atom is -0.506 e. The van der Waals surface area contributed by atoms with Gasteiger partial charge in [0.05, 0.1) is 21.9 Å². The van der Waals surface area contributed by atoms with Gasteiger partial charge in [0, 0.05) is 16.5 Å². The SMILES string of the molecule is O=C(O)CCSc1cc(NS(=O)(=O)c2ccc3ccccc3c2)c2ccccc2c1O. The molecule has 4 rings (SSSR count). The highest BCUT2D eigenvalue weighted by Crippen LogP contribution is 2.40. The van der Waals surface area contributed by atoms with Gasteiger partial charge in [-0.2, -0.15) is 0 Å². The van der Waals surface area contributed by atoms with E-state index in [0.29, 0.717) is 21.4 Å². The van der Waals surface area contributed by atoms with E-state index in [4.69, 9.17) is 5.11 Å². The Morgan fingerprint density at radius 2 is 1.58 bits per heavy atom. The predicted octanol–water partition coefficient (Wildman–Crippen LogP) is 5.07. The molecule has 0 aliphatic carbocycles. The first kappa shape index (κ1) is 21.0. The molecular weight excluding hydrogens is 434 g/mol. The topological polar surface area (TPSA) is 104 Å². The normalized spacial score (nSPS) is 11.6. The number of hydrogen-bond donors (Lipinski definition) is 3. The van der Waals surface area contributed by atoms with Crippen LogP contribution in [0.3, 0.4) is 0 Å². The summed E-state index contributed by atoms with van der Waals surface area (Å²) in [6.45, 7) is 0. The summed E-state index contributed by atoms with van der Waals surface area (Å²) in [6.07, 6.45) is -0.0743. The molecule has 0 spiro atoms. The molecule has 0 aliphatic rings. The van der Waals surface area contributed by atoms with Crippen LogP contribution in [0.1, 0.15) is 6.42 Å². The number of aromatic hydroxyl groups is 1. The van der Waals surface area contributed by atoms with Gasteiger partial charge in [-0.15, -0.1) is 11.8 Å². The predicted molar refractivity (Wildman–Crippen MR) is 123 cm³/mol. The van der Waals surface area contributed by atoms with Gasteiger partial charge in [0.25, 0.3) is 10.0 Å². The number of carbonyl (C=O) groups is 1. The molecule has 3 N–H and O–H groups in total. The number of hydrogen-bond acceptors (Lipinski definition) is 5. The van der Waals surface area contributed by atoms with Crippen LogP contribution < -0.4 is 4.72 Å². The van der Waals surface area contributed by atoms with E-state index < -0.39 is 16.0 Å². The molecule has 0 aromatic heterocycles. The number of benzene rings is 4. The third-order valence-electron chi connectivity index (χ3n) is 4.83. The first-order chi connectivity index (χ1) is 14.8. The van der Waals surface area contributed by atoms with Gasteiger partial charge in [-0.25, -0.2) is 8.42 Å². The Hall–Kier alpha value is -3.23. The summed E-state index contributed by atoms with van der Waals surface area (Å²) >= 11 is 1.16. The van der Waals surface area contributed by atoms with Gasteiger partial charge < -0.3 is 10.2 Å². The fourth-order valence-corrected chi connectivity index (χ4v) is 5.37. The van der Waals surface area contributed by atoms with Gasteiger partial charge in [-0.1, -0.05) is 54.6 Å². The number of anilines is 1. The zero-order chi connectivity index (χ0) is 22.0. The minimum absolute atomic E-state index is 0.000332. The Balaban J connectivity index is 1.75. The summed E-state index contributed by atoms with van der Waals surface area (Å²) in [7, 11) is -3.89. The van der Waals surface area contributed by atoms with Crippen molar-refractivity contribution in [2.45, 2.75) is 16.2 Å². The van der Waals surface area contributed by atoms with Crippen LogP contribution in [0.2, 0.25) is 0 Å².